The molecule has 0 spiro atoms. The molecule has 0 aliphatic rings. The molecule has 0 saturated carbocycles. The Hall–Kier alpha value is -2.11. The first-order valence-corrected chi connectivity index (χ1v) is 24.3. The van der Waals surface area contributed by atoms with Gasteiger partial charge in [0.1, 0.15) is 13.2 Å². The molecule has 0 amide bonds. The molecule has 0 N–H and O–H groups in total. The largest absolute Gasteiger partial charge is 0.462 e. The number of hydrogen-bond donors (Lipinski definition) is 0. The fourth-order valence-corrected chi connectivity index (χ4v) is 6.95. The Kier molecular flexibility index (Phi) is 43.9. The van der Waals surface area contributed by atoms with Crippen molar-refractivity contribution in [2.24, 2.45) is 0 Å². The SMILES string of the molecule is CCCC/C=C\CCCCCCCC(=O)O[C@H](COC(=O)CCCCCCC/C=C\CCCCCCCC)COC(=O)CCCCCCCCCCCCCC. The topological polar surface area (TPSA) is 78.9 Å². The van der Waals surface area contributed by atoms with Gasteiger partial charge in [0.05, 0.1) is 0 Å². The van der Waals surface area contributed by atoms with E-state index in [9.17, 15) is 14.4 Å². The Morgan fingerprint density at radius 2 is 0.607 bits per heavy atom. The number of allylic oxidation sites excluding steroid dienone is 4. The van der Waals surface area contributed by atoms with Crippen LogP contribution in [0.2, 0.25) is 0 Å². The zero-order valence-electron chi connectivity index (χ0n) is 37.4. The van der Waals surface area contributed by atoms with Crippen molar-refractivity contribution in [3.05, 3.63) is 24.3 Å². The minimum Gasteiger partial charge on any atom is -0.462 e. The van der Waals surface area contributed by atoms with E-state index in [2.05, 4.69) is 45.1 Å². The summed E-state index contributed by atoms with van der Waals surface area (Å²) in [6.45, 7) is 6.59. The zero-order valence-corrected chi connectivity index (χ0v) is 37.4. The van der Waals surface area contributed by atoms with Crippen molar-refractivity contribution >= 4 is 17.9 Å². The summed E-state index contributed by atoms with van der Waals surface area (Å²) in [7, 11) is 0. The van der Waals surface area contributed by atoms with Gasteiger partial charge in [0.25, 0.3) is 0 Å². The zero-order chi connectivity index (χ0) is 40.8. The van der Waals surface area contributed by atoms with Gasteiger partial charge in [0.2, 0.25) is 0 Å². The minimum absolute atomic E-state index is 0.0741. The van der Waals surface area contributed by atoms with Crippen LogP contribution in [0.4, 0.5) is 0 Å². The van der Waals surface area contributed by atoms with E-state index in [0.717, 1.165) is 77.0 Å². The standard InChI is InChI=1S/C50H92O6/c1-4-7-10-13-16-19-22-24-25-26-29-31-34-37-40-43-49(52)55-46-47(56-50(53)44-41-38-35-32-27-21-18-15-12-9-6-3)45-54-48(51)42-39-36-33-30-28-23-20-17-14-11-8-5-2/h15,18,24-25,47H,4-14,16-17,19-23,26-46H2,1-3H3/b18-15-,25-24-/t47-/m0/s1. The van der Waals surface area contributed by atoms with Crippen molar-refractivity contribution in [2.75, 3.05) is 13.2 Å². The lowest BCUT2D eigenvalue weighted by atomic mass is 10.0. The molecule has 56 heavy (non-hydrogen) atoms. The summed E-state index contributed by atoms with van der Waals surface area (Å²) in [6.07, 6.45) is 50.1. The molecule has 0 aliphatic carbocycles. The molecular weight excluding hydrogens is 697 g/mol. The van der Waals surface area contributed by atoms with Crippen LogP contribution in [-0.4, -0.2) is 37.2 Å². The fraction of sp³-hybridized carbons (Fsp3) is 0.860. The molecule has 0 bridgehead atoms. The van der Waals surface area contributed by atoms with Crippen molar-refractivity contribution < 1.29 is 28.6 Å². The van der Waals surface area contributed by atoms with Gasteiger partial charge in [0.15, 0.2) is 6.10 Å². The number of carbonyl (C=O) groups excluding carboxylic acids is 3. The molecule has 0 rings (SSSR count). The molecule has 0 aromatic heterocycles. The van der Waals surface area contributed by atoms with Gasteiger partial charge in [-0.05, 0) is 64.2 Å². The molecule has 1 atom stereocenters. The van der Waals surface area contributed by atoms with Crippen LogP contribution in [0.3, 0.4) is 0 Å². The van der Waals surface area contributed by atoms with Gasteiger partial charge in [-0.3, -0.25) is 14.4 Å². The maximum Gasteiger partial charge on any atom is 0.306 e. The third kappa shape index (κ3) is 43.0. The van der Waals surface area contributed by atoms with E-state index in [4.69, 9.17) is 14.2 Å². The van der Waals surface area contributed by atoms with Crippen molar-refractivity contribution in [3.8, 4) is 0 Å². The highest BCUT2D eigenvalue weighted by Crippen LogP contribution is 2.15. The van der Waals surface area contributed by atoms with Gasteiger partial charge in [-0.15, -0.1) is 0 Å². The molecule has 6 heteroatoms. The Balaban J connectivity index is 4.35. The number of unbranched alkanes of at least 4 members (excludes halogenated alkanes) is 29. The highest BCUT2D eigenvalue weighted by atomic mass is 16.6. The second-order valence-corrected chi connectivity index (χ2v) is 16.4. The van der Waals surface area contributed by atoms with E-state index >= 15 is 0 Å². The average Bonchev–Trinajstić information content (AvgIpc) is 3.19. The molecule has 0 saturated heterocycles. The molecule has 6 nitrogen and oxygen atoms in total. The van der Waals surface area contributed by atoms with E-state index in [1.165, 1.54) is 141 Å². The van der Waals surface area contributed by atoms with Crippen molar-refractivity contribution in [1.29, 1.82) is 0 Å². The van der Waals surface area contributed by atoms with Gasteiger partial charge < -0.3 is 14.2 Å². The molecular formula is C50H92O6. The van der Waals surface area contributed by atoms with E-state index in [-0.39, 0.29) is 31.1 Å². The smallest absolute Gasteiger partial charge is 0.306 e. The summed E-state index contributed by atoms with van der Waals surface area (Å²) in [5.41, 5.74) is 0. The number of ether oxygens (including phenoxy) is 3. The van der Waals surface area contributed by atoms with Crippen LogP contribution in [-0.2, 0) is 28.6 Å². The number of rotatable bonds is 44. The summed E-state index contributed by atoms with van der Waals surface area (Å²) in [5, 5.41) is 0. The summed E-state index contributed by atoms with van der Waals surface area (Å²) in [4.78, 5) is 37.8. The number of carbonyl (C=O) groups is 3. The predicted octanol–water partition coefficient (Wildman–Crippen LogP) is 15.6. The highest BCUT2D eigenvalue weighted by Gasteiger charge is 2.19. The Morgan fingerprint density at radius 3 is 0.946 bits per heavy atom. The van der Waals surface area contributed by atoms with Gasteiger partial charge in [-0.2, -0.15) is 0 Å². The third-order valence-electron chi connectivity index (χ3n) is 10.7. The number of hydrogen-bond acceptors (Lipinski definition) is 6. The van der Waals surface area contributed by atoms with E-state index in [0.29, 0.717) is 19.3 Å². The van der Waals surface area contributed by atoms with E-state index in [1.807, 2.05) is 0 Å². The van der Waals surface area contributed by atoms with E-state index in [1.54, 1.807) is 0 Å². The predicted molar refractivity (Wildman–Crippen MR) is 238 cm³/mol. The Morgan fingerprint density at radius 1 is 0.339 bits per heavy atom. The van der Waals surface area contributed by atoms with Crippen LogP contribution in [0.5, 0.6) is 0 Å². The molecule has 0 heterocycles. The van der Waals surface area contributed by atoms with Crippen LogP contribution in [0, 0.1) is 0 Å². The Labute approximate surface area is 347 Å². The normalized spacial score (nSPS) is 12.1. The van der Waals surface area contributed by atoms with Crippen LogP contribution in [0.1, 0.15) is 258 Å². The maximum absolute atomic E-state index is 12.7. The maximum atomic E-state index is 12.7. The van der Waals surface area contributed by atoms with Crippen molar-refractivity contribution in [2.45, 2.75) is 264 Å². The monoisotopic (exact) mass is 789 g/mol. The van der Waals surface area contributed by atoms with Gasteiger partial charge in [-0.1, -0.05) is 199 Å². The molecule has 0 fully saturated rings. The minimum atomic E-state index is -0.772. The molecule has 0 aliphatic heterocycles. The first-order chi connectivity index (χ1) is 27.5. The average molecular weight is 789 g/mol. The van der Waals surface area contributed by atoms with Crippen LogP contribution < -0.4 is 0 Å². The second-order valence-electron chi connectivity index (χ2n) is 16.4. The first kappa shape index (κ1) is 53.9. The molecule has 0 aromatic rings. The van der Waals surface area contributed by atoms with Crippen LogP contribution in [0.15, 0.2) is 24.3 Å². The van der Waals surface area contributed by atoms with Gasteiger partial charge >= 0.3 is 17.9 Å². The molecule has 0 unspecified atom stereocenters. The highest BCUT2D eigenvalue weighted by molar-refractivity contribution is 5.71. The lowest BCUT2D eigenvalue weighted by Crippen LogP contribution is -2.30. The van der Waals surface area contributed by atoms with Crippen LogP contribution in [0.25, 0.3) is 0 Å². The fourth-order valence-electron chi connectivity index (χ4n) is 6.95. The summed E-state index contributed by atoms with van der Waals surface area (Å²) in [6, 6.07) is 0. The lowest BCUT2D eigenvalue weighted by molar-refractivity contribution is -0.167. The quantitative estimate of drug-likeness (QED) is 0.0265. The summed E-state index contributed by atoms with van der Waals surface area (Å²) >= 11 is 0. The number of esters is 3. The third-order valence-corrected chi connectivity index (χ3v) is 10.7. The first-order valence-electron chi connectivity index (χ1n) is 24.3. The summed E-state index contributed by atoms with van der Waals surface area (Å²) < 4.78 is 16.7. The molecule has 328 valence electrons. The Bertz CT molecular complexity index is 911. The van der Waals surface area contributed by atoms with Gasteiger partial charge in [-0.25, -0.2) is 0 Å². The molecule has 0 radical (unpaired) electrons. The van der Waals surface area contributed by atoms with Gasteiger partial charge in [0, 0.05) is 19.3 Å². The summed E-state index contributed by atoms with van der Waals surface area (Å²) in [5.74, 6) is -0.885. The van der Waals surface area contributed by atoms with Crippen molar-refractivity contribution in [3.63, 3.8) is 0 Å². The second kappa shape index (κ2) is 45.6. The molecule has 0 aromatic carbocycles. The lowest BCUT2D eigenvalue weighted by Gasteiger charge is -2.18. The van der Waals surface area contributed by atoms with Crippen LogP contribution >= 0.6 is 0 Å². The van der Waals surface area contributed by atoms with Crippen molar-refractivity contribution in [1.82, 2.24) is 0 Å². The van der Waals surface area contributed by atoms with E-state index < -0.39 is 6.10 Å².